The summed E-state index contributed by atoms with van der Waals surface area (Å²) in [5.41, 5.74) is 5.28. The van der Waals surface area contributed by atoms with Gasteiger partial charge in [-0.25, -0.2) is 4.79 Å². The van der Waals surface area contributed by atoms with E-state index in [-0.39, 0.29) is 6.09 Å². The zero-order chi connectivity index (χ0) is 11.9. The van der Waals surface area contributed by atoms with E-state index in [1.165, 1.54) is 6.42 Å². The zero-order valence-corrected chi connectivity index (χ0v) is 10.4. The van der Waals surface area contributed by atoms with Gasteiger partial charge in [0.25, 0.3) is 0 Å². The summed E-state index contributed by atoms with van der Waals surface area (Å²) in [6.07, 6.45) is 1.01. The Hall–Kier alpha value is -0.770. The number of carbonyl (C=O) groups excluding carboxylic acids is 1. The molecular formula is C12H22N2O2. The highest BCUT2D eigenvalue weighted by molar-refractivity contribution is 5.68. The average molecular weight is 226 g/mol. The third-order valence-electron chi connectivity index (χ3n) is 3.66. The number of hydrogen-bond acceptors (Lipinski definition) is 3. The van der Waals surface area contributed by atoms with Crippen LogP contribution in [0.4, 0.5) is 4.79 Å². The van der Waals surface area contributed by atoms with Crippen LogP contribution in [0.2, 0.25) is 0 Å². The number of amides is 1. The fourth-order valence-electron chi connectivity index (χ4n) is 2.79. The van der Waals surface area contributed by atoms with Crippen LogP contribution in [0.3, 0.4) is 0 Å². The van der Waals surface area contributed by atoms with Gasteiger partial charge in [0.1, 0.15) is 5.60 Å². The summed E-state index contributed by atoms with van der Waals surface area (Å²) in [7, 11) is 0. The van der Waals surface area contributed by atoms with E-state index < -0.39 is 5.60 Å². The van der Waals surface area contributed by atoms with Gasteiger partial charge in [0, 0.05) is 13.1 Å². The van der Waals surface area contributed by atoms with Crippen LogP contribution in [0.25, 0.3) is 0 Å². The van der Waals surface area contributed by atoms with Gasteiger partial charge in [-0.2, -0.15) is 0 Å². The molecule has 92 valence electrons. The van der Waals surface area contributed by atoms with Gasteiger partial charge in [-0.1, -0.05) is 0 Å². The molecular weight excluding hydrogens is 204 g/mol. The molecule has 1 saturated heterocycles. The van der Waals surface area contributed by atoms with E-state index in [1.54, 1.807) is 0 Å². The van der Waals surface area contributed by atoms with Gasteiger partial charge in [0.15, 0.2) is 0 Å². The second-order valence-electron chi connectivity index (χ2n) is 6.04. The summed E-state index contributed by atoms with van der Waals surface area (Å²) in [6.45, 7) is 8.15. The maximum absolute atomic E-state index is 11.8. The molecule has 2 rings (SSSR count). The fourth-order valence-corrected chi connectivity index (χ4v) is 2.79. The lowest BCUT2D eigenvalue weighted by molar-refractivity contribution is 0.0287. The summed E-state index contributed by atoms with van der Waals surface area (Å²) in [6, 6.07) is 0. The Balaban J connectivity index is 1.87. The fraction of sp³-hybridized carbons (Fsp3) is 0.917. The van der Waals surface area contributed by atoms with Crippen molar-refractivity contribution in [1.29, 1.82) is 0 Å². The lowest BCUT2D eigenvalue weighted by Gasteiger charge is -2.38. The van der Waals surface area contributed by atoms with Crippen LogP contribution in [0, 0.1) is 17.8 Å². The zero-order valence-electron chi connectivity index (χ0n) is 10.4. The van der Waals surface area contributed by atoms with Crippen LogP contribution < -0.4 is 5.73 Å². The Morgan fingerprint density at radius 1 is 1.44 bits per heavy atom. The van der Waals surface area contributed by atoms with Gasteiger partial charge in [-0.3, -0.25) is 0 Å². The molecule has 4 heteroatoms. The standard InChI is InChI=1S/C12H22N2O2/c1-12(2,3)16-11(15)14-6-9-4-8(5-13)10(9)7-14/h8-10H,4-7,13H2,1-3H3. The van der Waals surface area contributed by atoms with Crippen LogP contribution in [-0.2, 0) is 4.74 Å². The van der Waals surface area contributed by atoms with Crippen molar-refractivity contribution in [2.45, 2.75) is 32.8 Å². The SMILES string of the molecule is CC(C)(C)OC(=O)N1CC2CC(CN)C2C1. The van der Waals surface area contributed by atoms with Gasteiger partial charge in [0.2, 0.25) is 0 Å². The molecule has 1 aliphatic heterocycles. The minimum absolute atomic E-state index is 0.169. The first-order valence-electron chi connectivity index (χ1n) is 6.08. The Labute approximate surface area is 97.1 Å². The Bertz CT molecular complexity index is 285. The van der Waals surface area contributed by atoms with Crippen molar-refractivity contribution in [3.8, 4) is 0 Å². The van der Waals surface area contributed by atoms with Crippen molar-refractivity contribution in [3.05, 3.63) is 0 Å². The predicted molar refractivity (Wildman–Crippen MR) is 61.9 cm³/mol. The van der Waals surface area contributed by atoms with Crippen molar-refractivity contribution < 1.29 is 9.53 Å². The number of fused-ring (bicyclic) bond motifs is 1. The van der Waals surface area contributed by atoms with Crippen LogP contribution in [0.5, 0.6) is 0 Å². The monoisotopic (exact) mass is 226 g/mol. The number of hydrogen-bond donors (Lipinski definition) is 1. The van der Waals surface area contributed by atoms with Crippen molar-refractivity contribution in [2.75, 3.05) is 19.6 Å². The maximum Gasteiger partial charge on any atom is 0.410 e. The molecule has 0 bridgehead atoms. The molecule has 1 saturated carbocycles. The number of nitrogens with two attached hydrogens (primary N) is 1. The van der Waals surface area contributed by atoms with Gasteiger partial charge < -0.3 is 15.4 Å². The molecule has 3 atom stereocenters. The van der Waals surface area contributed by atoms with Gasteiger partial charge in [-0.15, -0.1) is 0 Å². The van der Waals surface area contributed by atoms with E-state index >= 15 is 0 Å². The molecule has 1 amide bonds. The minimum Gasteiger partial charge on any atom is -0.444 e. The van der Waals surface area contributed by atoms with E-state index in [1.807, 2.05) is 25.7 Å². The lowest BCUT2D eigenvalue weighted by Crippen LogP contribution is -2.40. The molecule has 0 spiro atoms. The van der Waals surface area contributed by atoms with E-state index in [2.05, 4.69) is 0 Å². The Morgan fingerprint density at radius 3 is 2.69 bits per heavy atom. The predicted octanol–water partition coefficient (Wildman–Crippen LogP) is 1.45. The smallest absolute Gasteiger partial charge is 0.410 e. The number of nitrogens with zero attached hydrogens (tertiary/aromatic N) is 1. The van der Waals surface area contributed by atoms with Crippen LogP contribution >= 0.6 is 0 Å². The van der Waals surface area contributed by atoms with E-state index in [4.69, 9.17) is 10.5 Å². The quantitative estimate of drug-likeness (QED) is 0.736. The van der Waals surface area contributed by atoms with Crippen LogP contribution in [0.1, 0.15) is 27.2 Å². The van der Waals surface area contributed by atoms with Crippen LogP contribution in [-0.4, -0.2) is 36.2 Å². The third-order valence-corrected chi connectivity index (χ3v) is 3.66. The van der Waals surface area contributed by atoms with Crippen molar-refractivity contribution in [3.63, 3.8) is 0 Å². The largest absolute Gasteiger partial charge is 0.444 e. The second kappa shape index (κ2) is 3.91. The van der Waals surface area contributed by atoms with E-state index in [0.717, 1.165) is 19.6 Å². The van der Waals surface area contributed by atoms with E-state index in [9.17, 15) is 4.79 Å². The van der Waals surface area contributed by atoms with Gasteiger partial charge in [0.05, 0.1) is 0 Å². The first-order chi connectivity index (χ1) is 7.40. The molecule has 2 aliphatic rings. The molecule has 0 aromatic carbocycles. The first kappa shape index (κ1) is 11.7. The summed E-state index contributed by atoms with van der Waals surface area (Å²) >= 11 is 0. The first-order valence-corrected chi connectivity index (χ1v) is 6.08. The summed E-state index contributed by atoms with van der Waals surface area (Å²) in [5, 5.41) is 0. The molecule has 0 aromatic heterocycles. The summed E-state index contributed by atoms with van der Waals surface area (Å²) in [4.78, 5) is 13.7. The molecule has 3 unspecified atom stereocenters. The second-order valence-corrected chi connectivity index (χ2v) is 6.04. The lowest BCUT2D eigenvalue weighted by atomic mass is 9.67. The molecule has 2 fully saturated rings. The molecule has 1 aliphatic carbocycles. The van der Waals surface area contributed by atoms with Gasteiger partial charge in [-0.05, 0) is 51.5 Å². The summed E-state index contributed by atoms with van der Waals surface area (Å²) in [5.74, 6) is 1.91. The molecule has 0 radical (unpaired) electrons. The third kappa shape index (κ3) is 2.17. The highest BCUT2D eigenvalue weighted by atomic mass is 16.6. The number of rotatable bonds is 1. The normalized spacial score (nSPS) is 33.2. The highest BCUT2D eigenvalue weighted by Gasteiger charge is 2.48. The van der Waals surface area contributed by atoms with E-state index in [0.29, 0.717) is 17.8 Å². The van der Waals surface area contributed by atoms with Crippen molar-refractivity contribution in [1.82, 2.24) is 4.90 Å². The molecule has 4 nitrogen and oxygen atoms in total. The number of carbonyl (C=O) groups is 1. The summed E-state index contributed by atoms with van der Waals surface area (Å²) < 4.78 is 5.37. The minimum atomic E-state index is -0.397. The number of ether oxygens (including phenoxy) is 1. The van der Waals surface area contributed by atoms with Gasteiger partial charge >= 0.3 is 6.09 Å². The maximum atomic E-state index is 11.8. The Kier molecular flexibility index (Phi) is 2.86. The number of likely N-dealkylation sites (tertiary alicyclic amines) is 1. The van der Waals surface area contributed by atoms with Crippen LogP contribution in [0.15, 0.2) is 0 Å². The molecule has 2 N–H and O–H groups in total. The van der Waals surface area contributed by atoms with Crippen molar-refractivity contribution >= 4 is 6.09 Å². The average Bonchev–Trinajstić information content (AvgIpc) is 2.43. The van der Waals surface area contributed by atoms with Crippen molar-refractivity contribution in [2.24, 2.45) is 23.5 Å². The Morgan fingerprint density at radius 2 is 2.12 bits per heavy atom. The topological polar surface area (TPSA) is 55.6 Å². The molecule has 0 aromatic rings. The molecule has 1 heterocycles. The molecule has 16 heavy (non-hydrogen) atoms. The highest BCUT2D eigenvalue weighted by Crippen LogP contribution is 2.45.